The van der Waals surface area contributed by atoms with Crippen molar-refractivity contribution in [2.75, 3.05) is 0 Å². The van der Waals surface area contributed by atoms with Crippen LogP contribution in [0, 0.1) is 6.07 Å². The van der Waals surface area contributed by atoms with E-state index < -0.39 is 5.97 Å². The molecule has 0 fully saturated rings. The minimum atomic E-state index is -1.29. The van der Waals surface area contributed by atoms with Crippen LogP contribution in [0.4, 0.5) is 5.82 Å². The SMILES string of the molecule is O=C(O)c1nonc1[N+]#CCn1nnnc1-c1ccc(-c2ccccc2)cc1. The summed E-state index contributed by atoms with van der Waals surface area (Å²) in [5, 5.41) is 27.2. The molecule has 0 saturated carbocycles. The van der Waals surface area contributed by atoms with Crippen molar-refractivity contribution in [1.29, 1.82) is 0 Å². The van der Waals surface area contributed by atoms with Crippen LogP contribution in [-0.2, 0) is 6.54 Å². The van der Waals surface area contributed by atoms with Crippen molar-refractivity contribution in [2.24, 2.45) is 0 Å². The van der Waals surface area contributed by atoms with Crippen LogP contribution < -0.4 is 0 Å². The molecule has 0 bridgehead atoms. The molecule has 0 spiro atoms. The Bertz CT molecular complexity index is 1170. The van der Waals surface area contributed by atoms with E-state index in [1.165, 1.54) is 4.68 Å². The molecule has 136 valence electrons. The van der Waals surface area contributed by atoms with E-state index in [9.17, 15) is 4.79 Å². The lowest BCUT2D eigenvalue weighted by molar-refractivity contribution is 0.0686. The standard InChI is InChI=1S/C18H11N7O3/c26-18(27)15-16(22-28-21-15)19-10-11-25-17(20-23-24-25)14-8-6-13(7-9-14)12-4-2-1-3-5-12/h1-9H,11H2/p+1. The van der Waals surface area contributed by atoms with Gasteiger partial charge in [0.25, 0.3) is 0 Å². The van der Waals surface area contributed by atoms with Gasteiger partial charge < -0.3 is 5.11 Å². The second-order valence-corrected chi connectivity index (χ2v) is 5.62. The minimum Gasteiger partial charge on any atom is -0.476 e. The van der Waals surface area contributed by atoms with E-state index in [0.717, 1.165) is 16.7 Å². The van der Waals surface area contributed by atoms with Crippen molar-refractivity contribution >= 4 is 11.8 Å². The van der Waals surface area contributed by atoms with E-state index in [-0.39, 0.29) is 18.1 Å². The highest BCUT2D eigenvalue weighted by molar-refractivity contribution is 5.90. The average Bonchev–Trinajstić information content (AvgIpc) is 3.38. The molecule has 1 N–H and O–H groups in total. The fraction of sp³-hybridized carbons (Fsp3) is 0.0556. The first-order chi connectivity index (χ1) is 13.7. The summed E-state index contributed by atoms with van der Waals surface area (Å²) < 4.78 is 5.85. The average molecular weight is 374 g/mol. The first-order valence-electron chi connectivity index (χ1n) is 8.14. The summed E-state index contributed by atoms with van der Waals surface area (Å²) >= 11 is 0. The van der Waals surface area contributed by atoms with Crippen LogP contribution in [0.25, 0.3) is 27.4 Å². The molecule has 4 aromatic rings. The quantitative estimate of drug-likeness (QED) is 0.578. The number of carboxylic acids is 1. The van der Waals surface area contributed by atoms with Gasteiger partial charge in [-0.05, 0) is 26.7 Å². The van der Waals surface area contributed by atoms with E-state index in [2.05, 4.69) is 41.4 Å². The van der Waals surface area contributed by atoms with Crippen LogP contribution in [0.15, 0.2) is 59.2 Å². The van der Waals surface area contributed by atoms with Crippen molar-refractivity contribution < 1.29 is 14.5 Å². The van der Waals surface area contributed by atoms with Gasteiger partial charge in [0, 0.05) is 5.56 Å². The third-order valence-corrected chi connectivity index (χ3v) is 3.86. The Morgan fingerprint density at radius 1 is 1.04 bits per heavy atom. The Hall–Kier alpha value is -4.39. The van der Waals surface area contributed by atoms with Gasteiger partial charge in [0.15, 0.2) is 18.4 Å². The predicted molar refractivity (Wildman–Crippen MR) is 96.9 cm³/mol. The number of nitrogens with zero attached hydrogens (tertiary/aromatic N) is 7. The normalized spacial score (nSPS) is 10.3. The van der Waals surface area contributed by atoms with Crippen molar-refractivity contribution in [3.05, 3.63) is 65.1 Å². The number of carbonyl (C=O) groups is 1. The number of carboxylic acid groups (broad SMARTS) is 1. The lowest BCUT2D eigenvalue weighted by atomic mass is 10.0. The molecule has 2 aromatic heterocycles. The van der Waals surface area contributed by atoms with Crippen LogP contribution in [-0.4, -0.2) is 41.6 Å². The van der Waals surface area contributed by atoms with Gasteiger partial charge in [-0.2, -0.15) is 0 Å². The number of aromatic nitrogens is 6. The second-order valence-electron chi connectivity index (χ2n) is 5.62. The summed E-state index contributed by atoms with van der Waals surface area (Å²) in [5.41, 5.74) is 2.63. The van der Waals surface area contributed by atoms with Gasteiger partial charge in [0.1, 0.15) is 0 Å². The van der Waals surface area contributed by atoms with Crippen LogP contribution in [0.2, 0.25) is 0 Å². The Balaban J connectivity index is 1.54. The van der Waals surface area contributed by atoms with Crippen LogP contribution >= 0.6 is 0 Å². The minimum absolute atomic E-state index is 0.0920. The Morgan fingerprint density at radius 3 is 2.50 bits per heavy atom. The molecule has 2 aromatic carbocycles. The summed E-state index contributed by atoms with van der Waals surface area (Å²) in [7, 11) is 0. The molecule has 10 heteroatoms. The highest BCUT2D eigenvalue weighted by atomic mass is 16.6. The highest BCUT2D eigenvalue weighted by Crippen LogP contribution is 2.23. The number of hydrogen-bond donors (Lipinski definition) is 1. The number of hydrogen-bond acceptors (Lipinski definition) is 7. The molecule has 2 heterocycles. The van der Waals surface area contributed by atoms with Crippen LogP contribution in [0.5, 0.6) is 0 Å². The Labute approximate surface area is 157 Å². The number of benzene rings is 2. The Kier molecular flexibility index (Phi) is 4.54. The third kappa shape index (κ3) is 3.45. The lowest BCUT2D eigenvalue weighted by Crippen LogP contribution is -2.01. The molecule has 28 heavy (non-hydrogen) atoms. The van der Waals surface area contributed by atoms with E-state index in [0.29, 0.717) is 5.82 Å². The lowest BCUT2D eigenvalue weighted by Gasteiger charge is -2.03. The Morgan fingerprint density at radius 2 is 1.75 bits per heavy atom. The van der Waals surface area contributed by atoms with Crippen molar-refractivity contribution in [3.63, 3.8) is 0 Å². The highest BCUT2D eigenvalue weighted by Gasteiger charge is 2.26. The first kappa shape index (κ1) is 17.0. The molecule has 4 rings (SSSR count). The van der Waals surface area contributed by atoms with E-state index in [1.807, 2.05) is 54.6 Å². The van der Waals surface area contributed by atoms with Gasteiger partial charge in [-0.15, -0.1) is 14.6 Å². The predicted octanol–water partition coefficient (Wildman–Crippen LogP) is 2.75. The fourth-order valence-electron chi connectivity index (χ4n) is 2.53. The molecular weight excluding hydrogens is 362 g/mol. The van der Waals surface area contributed by atoms with Crippen molar-refractivity contribution in [1.82, 2.24) is 30.5 Å². The molecule has 0 amide bonds. The van der Waals surface area contributed by atoms with E-state index >= 15 is 0 Å². The summed E-state index contributed by atoms with van der Waals surface area (Å²) in [6, 6.07) is 20.5. The molecule has 0 atom stereocenters. The third-order valence-electron chi connectivity index (χ3n) is 3.86. The topological polar surface area (TPSA) is 124 Å². The van der Waals surface area contributed by atoms with Gasteiger partial charge >= 0.3 is 17.5 Å². The number of tetrazole rings is 1. The van der Waals surface area contributed by atoms with Crippen molar-refractivity contribution in [2.45, 2.75) is 6.54 Å². The van der Waals surface area contributed by atoms with Gasteiger partial charge in [-0.1, -0.05) is 54.6 Å². The molecule has 0 saturated heterocycles. The molecule has 0 aliphatic carbocycles. The second kappa shape index (κ2) is 7.46. The van der Waals surface area contributed by atoms with Crippen LogP contribution in [0.3, 0.4) is 0 Å². The maximum absolute atomic E-state index is 11.0. The fourth-order valence-corrected chi connectivity index (χ4v) is 2.53. The van der Waals surface area contributed by atoms with Gasteiger partial charge in [0.05, 0.1) is 0 Å². The zero-order valence-corrected chi connectivity index (χ0v) is 14.3. The van der Waals surface area contributed by atoms with Crippen molar-refractivity contribution in [3.8, 4) is 28.6 Å². The summed E-state index contributed by atoms with van der Waals surface area (Å²) in [5.74, 6) is -0.934. The summed E-state index contributed by atoms with van der Waals surface area (Å²) in [6.45, 7) is 0.0920. The van der Waals surface area contributed by atoms with E-state index in [4.69, 9.17) is 5.11 Å². The molecule has 0 unspecified atom stereocenters. The molecular formula is C18H12N7O3+. The first-order valence-corrected chi connectivity index (χ1v) is 8.14. The zero-order chi connectivity index (χ0) is 19.3. The maximum Gasteiger partial charge on any atom is 0.507 e. The number of aromatic carboxylic acids is 1. The number of rotatable bonds is 4. The van der Waals surface area contributed by atoms with Gasteiger partial charge in [-0.3, -0.25) is 0 Å². The molecule has 0 radical (unpaired) electrons. The maximum atomic E-state index is 11.0. The smallest absolute Gasteiger partial charge is 0.476 e. The van der Waals surface area contributed by atoms with Gasteiger partial charge in [-0.25, -0.2) is 9.48 Å². The molecule has 10 nitrogen and oxygen atoms in total. The zero-order valence-electron chi connectivity index (χ0n) is 14.3. The monoisotopic (exact) mass is 374 g/mol. The van der Waals surface area contributed by atoms with Crippen LogP contribution in [0.1, 0.15) is 10.5 Å². The van der Waals surface area contributed by atoms with Gasteiger partial charge in [0.2, 0.25) is 5.16 Å². The molecule has 0 aliphatic heterocycles. The largest absolute Gasteiger partial charge is 0.507 e. The van der Waals surface area contributed by atoms with E-state index in [1.54, 1.807) is 0 Å². The summed E-state index contributed by atoms with van der Waals surface area (Å²) in [6.07, 6.45) is 0. The molecule has 0 aliphatic rings. The summed E-state index contributed by atoms with van der Waals surface area (Å²) in [4.78, 5) is 14.8.